The maximum atomic E-state index is 4.21. The molecule has 0 bridgehead atoms. The predicted octanol–water partition coefficient (Wildman–Crippen LogP) is 3.48. The van der Waals surface area contributed by atoms with Gasteiger partial charge in [-0.2, -0.15) is 0 Å². The number of hydrogen-bond acceptors (Lipinski definition) is 1. The largest absolute Gasteiger partial charge is 0.264 e. The fourth-order valence-electron chi connectivity index (χ4n) is 1.72. The van der Waals surface area contributed by atoms with Crippen LogP contribution in [0.1, 0.15) is 38.8 Å². The summed E-state index contributed by atoms with van der Waals surface area (Å²) in [7, 11) is 0. The standard InChI is InChI=1S/C13H21N/c1-10(2)7-12-5-6-14-9-13(12)8-11(3)4/h5-6,9-11H,7-8H2,1-4H3. The monoisotopic (exact) mass is 191 g/mol. The lowest BCUT2D eigenvalue weighted by Gasteiger charge is -2.12. The van der Waals surface area contributed by atoms with Crippen molar-refractivity contribution in [3.8, 4) is 0 Å². The molecule has 0 aliphatic rings. The minimum absolute atomic E-state index is 0.713. The highest BCUT2D eigenvalue weighted by atomic mass is 14.6. The van der Waals surface area contributed by atoms with Crippen molar-refractivity contribution in [2.24, 2.45) is 11.8 Å². The summed E-state index contributed by atoms with van der Waals surface area (Å²) in [6, 6.07) is 2.16. The molecule has 1 heteroatoms. The molecule has 0 unspecified atom stereocenters. The highest BCUT2D eigenvalue weighted by molar-refractivity contribution is 5.24. The Kier molecular flexibility index (Phi) is 4.12. The molecule has 1 aromatic rings. The second kappa shape index (κ2) is 5.14. The van der Waals surface area contributed by atoms with Crippen LogP contribution in [0.2, 0.25) is 0 Å². The number of hydrogen-bond donors (Lipinski definition) is 0. The molecule has 14 heavy (non-hydrogen) atoms. The summed E-state index contributed by atoms with van der Waals surface area (Å²) in [5, 5.41) is 0. The van der Waals surface area contributed by atoms with Crippen LogP contribution in [0.25, 0.3) is 0 Å². The molecule has 0 amide bonds. The van der Waals surface area contributed by atoms with Gasteiger partial charge in [0.05, 0.1) is 0 Å². The Labute approximate surface area is 87.6 Å². The zero-order valence-corrected chi connectivity index (χ0v) is 9.75. The van der Waals surface area contributed by atoms with Crippen molar-refractivity contribution in [3.63, 3.8) is 0 Å². The van der Waals surface area contributed by atoms with Gasteiger partial charge in [0.2, 0.25) is 0 Å². The van der Waals surface area contributed by atoms with Crippen LogP contribution in [-0.2, 0) is 12.8 Å². The van der Waals surface area contributed by atoms with Gasteiger partial charge in [0.25, 0.3) is 0 Å². The van der Waals surface area contributed by atoms with Crippen molar-refractivity contribution in [2.75, 3.05) is 0 Å². The van der Waals surface area contributed by atoms with E-state index in [4.69, 9.17) is 0 Å². The molecule has 0 atom stereocenters. The minimum atomic E-state index is 0.713. The molecular weight excluding hydrogens is 170 g/mol. The number of aromatic nitrogens is 1. The van der Waals surface area contributed by atoms with E-state index in [1.54, 1.807) is 0 Å². The van der Waals surface area contributed by atoms with Gasteiger partial charge in [-0.15, -0.1) is 0 Å². The van der Waals surface area contributed by atoms with Crippen LogP contribution in [0.5, 0.6) is 0 Å². The van der Waals surface area contributed by atoms with Crippen LogP contribution in [-0.4, -0.2) is 4.98 Å². The van der Waals surface area contributed by atoms with Crippen LogP contribution in [0, 0.1) is 11.8 Å². The third-order valence-corrected chi connectivity index (χ3v) is 2.26. The van der Waals surface area contributed by atoms with Crippen LogP contribution < -0.4 is 0 Å². The van der Waals surface area contributed by atoms with Crippen molar-refractivity contribution < 1.29 is 0 Å². The van der Waals surface area contributed by atoms with Crippen molar-refractivity contribution >= 4 is 0 Å². The Hall–Kier alpha value is -0.850. The average molecular weight is 191 g/mol. The summed E-state index contributed by atoms with van der Waals surface area (Å²) < 4.78 is 0. The van der Waals surface area contributed by atoms with Crippen molar-refractivity contribution in [1.82, 2.24) is 4.98 Å². The highest BCUT2D eigenvalue weighted by Crippen LogP contribution is 2.16. The first-order valence-electron chi connectivity index (χ1n) is 5.51. The lowest BCUT2D eigenvalue weighted by atomic mass is 9.95. The Morgan fingerprint density at radius 3 is 2.14 bits per heavy atom. The molecule has 0 N–H and O–H groups in total. The van der Waals surface area contributed by atoms with Gasteiger partial charge in [0, 0.05) is 12.4 Å². The predicted molar refractivity (Wildman–Crippen MR) is 61.3 cm³/mol. The fraction of sp³-hybridized carbons (Fsp3) is 0.615. The Balaban J connectivity index is 2.80. The summed E-state index contributed by atoms with van der Waals surface area (Å²) in [6.07, 6.45) is 6.25. The van der Waals surface area contributed by atoms with Crippen LogP contribution in [0.15, 0.2) is 18.5 Å². The first kappa shape index (κ1) is 11.2. The van der Waals surface area contributed by atoms with Crippen LogP contribution in [0.3, 0.4) is 0 Å². The molecule has 1 aromatic heterocycles. The third kappa shape index (κ3) is 3.49. The highest BCUT2D eigenvalue weighted by Gasteiger charge is 2.06. The number of rotatable bonds is 4. The summed E-state index contributed by atoms with van der Waals surface area (Å²) in [6.45, 7) is 9.04. The molecule has 0 spiro atoms. The molecule has 78 valence electrons. The van der Waals surface area contributed by atoms with Crippen molar-refractivity contribution in [3.05, 3.63) is 29.6 Å². The lowest BCUT2D eigenvalue weighted by molar-refractivity contribution is 0.614. The summed E-state index contributed by atoms with van der Waals surface area (Å²) >= 11 is 0. The molecule has 1 nitrogen and oxygen atoms in total. The molecule has 0 saturated carbocycles. The van der Waals surface area contributed by atoms with E-state index >= 15 is 0 Å². The van der Waals surface area contributed by atoms with Gasteiger partial charge in [-0.3, -0.25) is 4.98 Å². The SMILES string of the molecule is CC(C)Cc1ccncc1CC(C)C. The van der Waals surface area contributed by atoms with E-state index in [0.717, 1.165) is 12.3 Å². The molecule has 0 saturated heterocycles. The molecule has 0 radical (unpaired) electrons. The average Bonchev–Trinajstić information content (AvgIpc) is 2.06. The van der Waals surface area contributed by atoms with E-state index in [1.165, 1.54) is 17.5 Å². The first-order valence-corrected chi connectivity index (χ1v) is 5.51. The van der Waals surface area contributed by atoms with Gasteiger partial charge >= 0.3 is 0 Å². The quantitative estimate of drug-likeness (QED) is 0.710. The Bertz CT molecular complexity index is 247. The third-order valence-electron chi connectivity index (χ3n) is 2.26. The molecule has 0 aromatic carbocycles. The maximum absolute atomic E-state index is 4.21. The summed E-state index contributed by atoms with van der Waals surface area (Å²) in [5.74, 6) is 1.44. The van der Waals surface area contributed by atoms with Crippen molar-refractivity contribution in [2.45, 2.75) is 40.5 Å². The van der Waals surface area contributed by atoms with E-state index in [2.05, 4.69) is 38.7 Å². The van der Waals surface area contributed by atoms with Gasteiger partial charge in [-0.25, -0.2) is 0 Å². The van der Waals surface area contributed by atoms with E-state index in [1.807, 2.05) is 12.4 Å². The molecule has 0 fully saturated rings. The van der Waals surface area contributed by atoms with E-state index in [0.29, 0.717) is 5.92 Å². The Morgan fingerprint density at radius 2 is 1.57 bits per heavy atom. The minimum Gasteiger partial charge on any atom is -0.264 e. The van der Waals surface area contributed by atoms with E-state index in [9.17, 15) is 0 Å². The summed E-state index contributed by atoms with van der Waals surface area (Å²) in [5.41, 5.74) is 2.90. The fourth-order valence-corrected chi connectivity index (χ4v) is 1.72. The van der Waals surface area contributed by atoms with Gasteiger partial charge < -0.3 is 0 Å². The molecule has 0 aliphatic carbocycles. The molecule has 1 heterocycles. The van der Waals surface area contributed by atoms with Crippen molar-refractivity contribution in [1.29, 1.82) is 0 Å². The molecular formula is C13H21N. The van der Waals surface area contributed by atoms with Crippen LogP contribution in [0.4, 0.5) is 0 Å². The Morgan fingerprint density at radius 1 is 1.00 bits per heavy atom. The number of nitrogens with zero attached hydrogens (tertiary/aromatic N) is 1. The van der Waals surface area contributed by atoms with E-state index in [-0.39, 0.29) is 0 Å². The number of pyridine rings is 1. The van der Waals surface area contributed by atoms with Crippen LogP contribution >= 0.6 is 0 Å². The van der Waals surface area contributed by atoms with Gasteiger partial charge in [-0.05, 0) is 41.9 Å². The van der Waals surface area contributed by atoms with E-state index < -0.39 is 0 Å². The smallest absolute Gasteiger partial charge is 0.0302 e. The zero-order chi connectivity index (χ0) is 10.6. The molecule has 1 rings (SSSR count). The maximum Gasteiger partial charge on any atom is 0.0302 e. The van der Waals surface area contributed by atoms with Gasteiger partial charge in [-0.1, -0.05) is 27.7 Å². The normalized spacial score (nSPS) is 11.3. The second-order valence-electron chi connectivity index (χ2n) is 4.84. The topological polar surface area (TPSA) is 12.9 Å². The first-order chi connectivity index (χ1) is 6.59. The lowest BCUT2D eigenvalue weighted by Crippen LogP contribution is -2.03. The van der Waals surface area contributed by atoms with Gasteiger partial charge in [0.1, 0.15) is 0 Å². The van der Waals surface area contributed by atoms with Gasteiger partial charge in [0.15, 0.2) is 0 Å². The summed E-state index contributed by atoms with van der Waals surface area (Å²) in [4.78, 5) is 4.21. The molecule has 0 aliphatic heterocycles. The second-order valence-corrected chi connectivity index (χ2v) is 4.84. The zero-order valence-electron chi connectivity index (χ0n) is 9.75.